The lowest BCUT2D eigenvalue weighted by molar-refractivity contribution is 0.668. The van der Waals surface area contributed by atoms with Crippen molar-refractivity contribution >= 4 is 43.9 Å². The molecule has 5 nitrogen and oxygen atoms in total. The van der Waals surface area contributed by atoms with Gasteiger partial charge in [-0.15, -0.1) is 0 Å². The zero-order chi connectivity index (χ0) is 41.0. The summed E-state index contributed by atoms with van der Waals surface area (Å²) in [7, 11) is 0. The number of aromatic nitrogens is 3. The van der Waals surface area contributed by atoms with E-state index in [0.29, 0.717) is 5.82 Å². The molecule has 0 saturated heterocycles. The van der Waals surface area contributed by atoms with Crippen LogP contribution >= 0.6 is 0 Å². The molecule has 0 fully saturated rings. The lowest BCUT2D eigenvalue weighted by atomic mass is 9.94. The summed E-state index contributed by atoms with van der Waals surface area (Å²) >= 11 is 0. The van der Waals surface area contributed by atoms with Gasteiger partial charge in [-0.05, 0) is 111 Å². The van der Waals surface area contributed by atoms with Crippen molar-refractivity contribution in [3.8, 4) is 78.4 Å². The Morgan fingerprint density at radius 3 is 1.26 bits per heavy atom. The number of benzene rings is 8. The molecule has 0 bridgehead atoms. The molecule has 62 heavy (non-hydrogen) atoms. The van der Waals surface area contributed by atoms with Crippen molar-refractivity contribution in [2.75, 3.05) is 0 Å². The average Bonchev–Trinajstić information content (AvgIpc) is 3.92. The fourth-order valence-corrected chi connectivity index (χ4v) is 8.60. The van der Waals surface area contributed by atoms with Gasteiger partial charge in [0, 0.05) is 50.6 Å². The van der Waals surface area contributed by atoms with E-state index in [0.717, 1.165) is 111 Å². The Morgan fingerprint density at radius 1 is 0.274 bits per heavy atom. The van der Waals surface area contributed by atoms with Crippen molar-refractivity contribution in [1.82, 2.24) is 15.0 Å². The lowest BCUT2D eigenvalue weighted by Crippen LogP contribution is -1.97. The molecule has 0 aliphatic carbocycles. The first-order valence-electron chi connectivity index (χ1n) is 20.7. The van der Waals surface area contributed by atoms with E-state index in [9.17, 15) is 0 Å². The van der Waals surface area contributed by atoms with Gasteiger partial charge in [-0.2, -0.15) is 0 Å². The van der Waals surface area contributed by atoms with E-state index in [-0.39, 0.29) is 0 Å². The Labute approximate surface area is 357 Å². The summed E-state index contributed by atoms with van der Waals surface area (Å²) in [4.78, 5) is 15.0. The van der Waals surface area contributed by atoms with Crippen LogP contribution in [0.4, 0.5) is 0 Å². The van der Waals surface area contributed by atoms with E-state index >= 15 is 0 Å². The normalized spacial score (nSPS) is 11.5. The van der Waals surface area contributed by atoms with Crippen LogP contribution in [0.15, 0.2) is 221 Å². The molecule has 0 amide bonds. The fourth-order valence-electron chi connectivity index (χ4n) is 8.60. The highest BCUT2D eigenvalue weighted by Crippen LogP contribution is 2.39. The van der Waals surface area contributed by atoms with E-state index in [1.54, 1.807) is 6.20 Å². The molecule has 12 aromatic rings. The largest absolute Gasteiger partial charge is 0.456 e. The molecule has 8 aromatic carbocycles. The summed E-state index contributed by atoms with van der Waals surface area (Å²) in [5, 5.41) is 4.33. The van der Waals surface area contributed by atoms with Gasteiger partial charge in [0.1, 0.15) is 22.3 Å². The van der Waals surface area contributed by atoms with Crippen LogP contribution in [0, 0.1) is 0 Å². The minimum Gasteiger partial charge on any atom is -0.456 e. The Morgan fingerprint density at radius 2 is 0.710 bits per heavy atom. The number of rotatable bonds is 7. The second-order valence-corrected chi connectivity index (χ2v) is 15.6. The second kappa shape index (κ2) is 14.7. The van der Waals surface area contributed by atoms with Gasteiger partial charge in [0.25, 0.3) is 0 Å². The Balaban J connectivity index is 1.05. The topological polar surface area (TPSA) is 65.0 Å². The van der Waals surface area contributed by atoms with E-state index in [4.69, 9.17) is 18.8 Å². The van der Waals surface area contributed by atoms with E-state index in [2.05, 4.69) is 169 Å². The quantitative estimate of drug-likeness (QED) is 0.161. The summed E-state index contributed by atoms with van der Waals surface area (Å²) < 4.78 is 12.5. The first-order chi connectivity index (χ1) is 30.7. The van der Waals surface area contributed by atoms with Gasteiger partial charge in [0.05, 0.1) is 11.4 Å². The van der Waals surface area contributed by atoms with Crippen molar-refractivity contribution < 1.29 is 8.83 Å². The third kappa shape index (κ3) is 6.40. The average molecular weight is 794 g/mol. The fraction of sp³-hybridized carbons (Fsp3) is 0. The summed E-state index contributed by atoms with van der Waals surface area (Å²) in [6.45, 7) is 0. The molecule has 4 aromatic heterocycles. The highest BCUT2D eigenvalue weighted by atomic mass is 16.3. The number of hydrogen-bond donors (Lipinski definition) is 0. The third-order valence-electron chi connectivity index (χ3n) is 11.8. The molecule has 0 unspecified atom stereocenters. The van der Waals surface area contributed by atoms with Crippen LogP contribution in [0.5, 0.6) is 0 Å². The van der Waals surface area contributed by atoms with Crippen LogP contribution in [0.3, 0.4) is 0 Å². The minimum absolute atomic E-state index is 0.633. The smallest absolute Gasteiger partial charge is 0.160 e. The molecule has 0 aliphatic heterocycles. The van der Waals surface area contributed by atoms with Crippen LogP contribution in [-0.2, 0) is 0 Å². The van der Waals surface area contributed by atoms with Crippen LogP contribution in [0.25, 0.3) is 122 Å². The maximum atomic E-state index is 6.24. The molecular weight excluding hydrogens is 759 g/mol. The molecule has 5 heteroatoms. The Bertz CT molecular complexity index is 3380. The number of furan rings is 2. The first kappa shape index (κ1) is 35.5. The lowest BCUT2D eigenvalue weighted by Gasteiger charge is -2.14. The van der Waals surface area contributed by atoms with Gasteiger partial charge >= 0.3 is 0 Å². The van der Waals surface area contributed by atoms with Gasteiger partial charge in [-0.1, -0.05) is 133 Å². The molecule has 0 aliphatic rings. The van der Waals surface area contributed by atoms with Gasteiger partial charge < -0.3 is 8.83 Å². The molecule has 12 rings (SSSR count). The molecule has 0 atom stereocenters. The maximum absolute atomic E-state index is 6.24. The Kier molecular flexibility index (Phi) is 8.42. The molecule has 0 radical (unpaired) electrons. The number of pyridine rings is 1. The van der Waals surface area contributed by atoms with Crippen LogP contribution in [-0.4, -0.2) is 15.0 Å². The van der Waals surface area contributed by atoms with Crippen molar-refractivity contribution in [3.63, 3.8) is 0 Å². The van der Waals surface area contributed by atoms with E-state index in [1.165, 1.54) is 5.56 Å². The van der Waals surface area contributed by atoms with Gasteiger partial charge in [-0.3, -0.25) is 4.98 Å². The zero-order valence-corrected chi connectivity index (χ0v) is 33.4. The Hall–Kier alpha value is -8.41. The summed E-state index contributed by atoms with van der Waals surface area (Å²) in [5.74, 6) is 0.633. The van der Waals surface area contributed by atoms with Crippen LogP contribution < -0.4 is 0 Å². The molecule has 0 saturated carbocycles. The molecule has 290 valence electrons. The second-order valence-electron chi connectivity index (χ2n) is 15.6. The number of hydrogen-bond acceptors (Lipinski definition) is 5. The predicted molar refractivity (Wildman–Crippen MR) is 252 cm³/mol. The first-order valence-corrected chi connectivity index (χ1v) is 20.7. The highest BCUT2D eigenvalue weighted by molar-refractivity contribution is 6.07. The molecule has 4 heterocycles. The van der Waals surface area contributed by atoms with Crippen LogP contribution in [0.1, 0.15) is 0 Å². The van der Waals surface area contributed by atoms with E-state index in [1.807, 2.05) is 42.6 Å². The van der Waals surface area contributed by atoms with Gasteiger partial charge in [0.2, 0.25) is 0 Å². The van der Waals surface area contributed by atoms with Crippen LogP contribution in [0.2, 0.25) is 0 Å². The monoisotopic (exact) mass is 793 g/mol. The molecular formula is C57H35N3O2. The molecule has 0 N–H and O–H groups in total. The third-order valence-corrected chi connectivity index (χ3v) is 11.8. The summed E-state index contributed by atoms with van der Waals surface area (Å²) in [5.41, 5.74) is 16.8. The predicted octanol–water partition coefficient (Wildman–Crippen LogP) is 15.3. The van der Waals surface area contributed by atoms with Gasteiger partial charge in [0.15, 0.2) is 5.82 Å². The number of para-hydroxylation sites is 2. The summed E-state index contributed by atoms with van der Waals surface area (Å²) in [6.07, 6.45) is 3.68. The van der Waals surface area contributed by atoms with Crippen molar-refractivity contribution in [3.05, 3.63) is 213 Å². The van der Waals surface area contributed by atoms with Crippen molar-refractivity contribution in [1.29, 1.82) is 0 Å². The van der Waals surface area contributed by atoms with Gasteiger partial charge in [-0.25, -0.2) is 9.97 Å². The zero-order valence-electron chi connectivity index (χ0n) is 33.4. The number of fused-ring (bicyclic) bond motifs is 6. The van der Waals surface area contributed by atoms with Crippen molar-refractivity contribution in [2.24, 2.45) is 0 Å². The number of nitrogens with zero attached hydrogens (tertiary/aromatic N) is 3. The standard InChI is InChI=1S/C57H35N3O2/c1-2-9-36(10-3-1)37-16-20-39(21-17-37)51-34-52(40-22-18-38(19-23-40)43-11-8-28-58-35-43)60-57(59-51)46-30-44(41-24-26-55-49(32-41)47-12-4-6-14-53(47)61-55)29-45(31-46)42-25-27-56-50(33-42)48-13-5-7-15-54(48)62-56/h1-35H. The SMILES string of the molecule is c1ccc(-c2ccc(-c3cc(-c4ccc(-c5cccnc5)cc4)nc(-c4cc(-c5ccc6oc7ccccc7c6c5)cc(-c5ccc6oc7ccccc7c6c5)c4)n3)cc2)cc1. The highest BCUT2D eigenvalue weighted by Gasteiger charge is 2.17. The summed E-state index contributed by atoms with van der Waals surface area (Å²) in [6, 6.07) is 69.8. The molecule has 0 spiro atoms. The maximum Gasteiger partial charge on any atom is 0.160 e. The van der Waals surface area contributed by atoms with E-state index < -0.39 is 0 Å². The minimum atomic E-state index is 0.633. The van der Waals surface area contributed by atoms with Crippen molar-refractivity contribution in [2.45, 2.75) is 0 Å².